The van der Waals surface area contributed by atoms with Gasteiger partial charge in [-0.25, -0.2) is 4.57 Å². The standard InChI is InChI=1S/C27H43N2O6P/c1-11-17-20(26(5,6)7)23(31)21(27(8,9)10)18(12-2)24(17)35-36(33,34)14-28-22-15(3)19(13-30)25(32)29-16(22)4/h28,30-31H,11-14H2,1-10H3,(H,29,32)(H,33,34). The summed E-state index contributed by atoms with van der Waals surface area (Å²) in [6, 6.07) is 0. The van der Waals surface area contributed by atoms with Crippen LogP contribution in [0.15, 0.2) is 4.79 Å². The molecule has 8 nitrogen and oxygen atoms in total. The first kappa shape index (κ1) is 29.9. The first-order valence-corrected chi connectivity index (χ1v) is 14.2. The second-order valence-electron chi connectivity index (χ2n) is 11.4. The van der Waals surface area contributed by atoms with Crippen molar-refractivity contribution in [1.29, 1.82) is 0 Å². The Kier molecular flexibility index (Phi) is 8.82. The van der Waals surface area contributed by atoms with Crippen LogP contribution in [0.5, 0.6) is 11.5 Å². The summed E-state index contributed by atoms with van der Waals surface area (Å²) in [6.07, 6.45) is 0.616. The number of aromatic nitrogens is 1. The molecule has 1 unspecified atom stereocenters. The molecule has 0 aliphatic rings. The summed E-state index contributed by atoms with van der Waals surface area (Å²) >= 11 is 0. The van der Waals surface area contributed by atoms with E-state index in [0.29, 0.717) is 35.5 Å². The lowest BCUT2D eigenvalue weighted by molar-refractivity contribution is 0.279. The molecule has 0 radical (unpaired) electrons. The van der Waals surface area contributed by atoms with E-state index in [1.807, 2.05) is 55.4 Å². The quantitative estimate of drug-likeness (QED) is 0.288. The van der Waals surface area contributed by atoms with E-state index in [4.69, 9.17) is 4.52 Å². The number of hydrogen-bond acceptors (Lipinski definition) is 6. The lowest BCUT2D eigenvalue weighted by Crippen LogP contribution is -2.23. The third-order valence-corrected chi connectivity index (χ3v) is 7.48. The largest absolute Gasteiger partial charge is 0.507 e. The van der Waals surface area contributed by atoms with Crippen LogP contribution in [-0.2, 0) is 34.8 Å². The maximum Gasteiger partial charge on any atom is 0.395 e. The Morgan fingerprint density at radius 3 is 1.81 bits per heavy atom. The predicted octanol–water partition coefficient (Wildman–Crippen LogP) is 5.54. The maximum atomic E-state index is 13.4. The van der Waals surface area contributed by atoms with E-state index >= 15 is 0 Å². The van der Waals surface area contributed by atoms with E-state index in [1.165, 1.54) is 0 Å². The fourth-order valence-electron chi connectivity index (χ4n) is 4.94. The molecule has 1 atom stereocenters. The smallest absolute Gasteiger partial charge is 0.395 e. The number of phenols is 1. The highest BCUT2D eigenvalue weighted by Crippen LogP contribution is 2.53. The number of benzene rings is 1. The van der Waals surface area contributed by atoms with Crippen LogP contribution in [0.3, 0.4) is 0 Å². The zero-order chi connectivity index (χ0) is 27.8. The van der Waals surface area contributed by atoms with Crippen molar-refractivity contribution < 1.29 is 24.2 Å². The van der Waals surface area contributed by atoms with Crippen molar-refractivity contribution in [1.82, 2.24) is 4.98 Å². The number of aromatic amines is 1. The molecule has 2 aromatic rings. The number of phenolic OH excluding ortho intramolecular Hbond substituents is 1. The molecule has 0 aliphatic carbocycles. The third-order valence-electron chi connectivity index (χ3n) is 6.46. The summed E-state index contributed by atoms with van der Waals surface area (Å²) in [5.74, 6) is 0.573. The van der Waals surface area contributed by atoms with E-state index < -0.39 is 36.9 Å². The number of hydrogen-bond donors (Lipinski definition) is 5. The van der Waals surface area contributed by atoms with E-state index in [0.717, 1.165) is 22.3 Å². The van der Waals surface area contributed by atoms with Crippen LogP contribution in [0, 0.1) is 13.8 Å². The van der Waals surface area contributed by atoms with Crippen LogP contribution in [0.2, 0.25) is 0 Å². The summed E-state index contributed by atoms with van der Waals surface area (Å²) in [4.78, 5) is 25.7. The van der Waals surface area contributed by atoms with Gasteiger partial charge in [-0.05, 0) is 43.1 Å². The van der Waals surface area contributed by atoms with Gasteiger partial charge in [-0.2, -0.15) is 0 Å². The van der Waals surface area contributed by atoms with Crippen molar-refractivity contribution in [2.24, 2.45) is 0 Å². The van der Waals surface area contributed by atoms with Gasteiger partial charge in [-0.15, -0.1) is 0 Å². The zero-order valence-corrected chi connectivity index (χ0v) is 24.2. The van der Waals surface area contributed by atoms with Gasteiger partial charge in [0.2, 0.25) is 0 Å². The summed E-state index contributed by atoms with van der Waals surface area (Å²) in [5.41, 5.74) is 3.30. The van der Waals surface area contributed by atoms with Crippen LogP contribution in [0.1, 0.15) is 94.5 Å². The minimum Gasteiger partial charge on any atom is -0.507 e. The van der Waals surface area contributed by atoms with Crippen LogP contribution < -0.4 is 15.4 Å². The van der Waals surface area contributed by atoms with Gasteiger partial charge < -0.3 is 29.9 Å². The van der Waals surface area contributed by atoms with Crippen molar-refractivity contribution in [2.45, 2.75) is 99.5 Å². The van der Waals surface area contributed by atoms with E-state index in [2.05, 4.69) is 10.3 Å². The Balaban J connectivity index is 2.66. The average molecular weight is 523 g/mol. The molecule has 202 valence electrons. The Hall–Kier alpha value is -2.28. The highest BCUT2D eigenvalue weighted by Gasteiger charge is 2.36. The fraction of sp³-hybridized carbons (Fsp3) is 0.593. The van der Waals surface area contributed by atoms with Crippen molar-refractivity contribution in [2.75, 3.05) is 11.6 Å². The molecule has 0 amide bonds. The molecule has 1 heterocycles. The summed E-state index contributed by atoms with van der Waals surface area (Å²) in [5, 5.41) is 24.0. The second kappa shape index (κ2) is 10.6. The molecule has 36 heavy (non-hydrogen) atoms. The normalized spacial score (nSPS) is 14.0. The van der Waals surface area contributed by atoms with Crippen molar-refractivity contribution in [3.63, 3.8) is 0 Å². The first-order chi connectivity index (χ1) is 16.4. The molecule has 9 heteroatoms. The number of H-pyrrole nitrogens is 1. The van der Waals surface area contributed by atoms with E-state index in [1.54, 1.807) is 13.8 Å². The molecule has 0 aliphatic heterocycles. The Labute approximate surface area is 214 Å². The number of aliphatic hydroxyl groups is 1. The monoisotopic (exact) mass is 522 g/mol. The highest BCUT2D eigenvalue weighted by atomic mass is 31.2. The molecule has 1 aromatic carbocycles. The number of rotatable bonds is 8. The number of aliphatic hydroxyl groups excluding tert-OH is 1. The minimum absolute atomic E-state index is 0.196. The second-order valence-corrected chi connectivity index (χ2v) is 13.1. The Morgan fingerprint density at radius 2 is 1.42 bits per heavy atom. The van der Waals surface area contributed by atoms with E-state index in [9.17, 15) is 24.5 Å². The van der Waals surface area contributed by atoms with Gasteiger partial charge in [0.1, 0.15) is 17.8 Å². The third kappa shape index (κ3) is 5.99. The van der Waals surface area contributed by atoms with Gasteiger partial charge in [0.05, 0.1) is 12.3 Å². The topological polar surface area (TPSA) is 132 Å². The van der Waals surface area contributed by atoms with Gasteiger partial charge in [0.25, 0.3) is 5.56 Å². The maximum absolute atomic E-state index is 13.4. The Bertz CT molecular complexity index is 1190. The molecule has 5 N–H and O–H groups in total. The first-order valence-electron chi connectivity index (χ1n) is 12.4. The van der Waals surface area contributed by atoms with Crippen molar-refractivity contribution in [3.05, 3.63) is 49.4 Å². The van der Waals surface area contributed by atoms with Gasteiger partial charge in [-0.1, -0.05) is 55.4 Å². The average Bonchev–Trinajstić information content (AvgIpc) is 2.71. The lowest BCUT2D eigenvalue weighted by atomic mass is 9.74. The lowest BCUT2D eigenvalue weighted by Gasteiger charge is -2.34. The van der Waals surface area contributed by atoms with Gasteiger partial charge in [-0.3, -0.25) is 4.79 Å². The minimum atomic E-state index is -4.24. The molecule has 0 saturated heterocycles. The summed E-state index contributed by atoms with van der Waals surface area (Å²) < 4.78 is 19.4. The zero-order valence-electron chi connectivity index (χ0n) is 23.3. The summed E-state index contributed by atoms with van der Waals surface area (Å²) in [6.45, 7) is 18.8. The molecular weight excluding hydrogens is 479 g/mol. The van der Waals surface area contributed by atoms with Gasteiger partial charge >= 0.3 is 7.60 Å². The molecule has 0 fully saturated rings. The number of pyridine rings is 1. The molecule has 0 bridgehead atoms. The number of anilines is 1. The van der Waals surface area contributed by atoms with Gasteiger partial charge in [0, 0.05) is 33.5 Å². The molecule has 0 spiro atoms. The van der Waals surface area contributed by atoms with Crippen molar-refractivity contribution >= 4 is 13.3 Å². The molecule has 2 rings (SSSR count). The molecule has 1 aromatic heterocycles. The van der Waals surface area contributed by atoms with Crippen LogP contribution in [0.4, 0.5) is 5.69 Å². The van der Waals surface area contributed by atoms with Crippen LogP contribution >= 0.6 is 7.60 Å². The molecular formula is C27H43N2O6P. The predicted molar refractivity (Wildman–Crippen MR) is 146 cm³/mol. The van der Waals surface area contributed by atoms with Gasteiger partial charge in [0.15, 0.2) is 0 Å². The SMILES string of the molecule is CCc1c(OP(=O)(O)CNc2c(C)[nH]c(=O)c(CO)c2C)c(CC)c(C(C)(C)C)c(O)c1C(C)(C)C. The fourth-order valence-corrected chi connectivity index (χ4v) is 5.87. The van der Waals surface area contributed by atoms with Crippen molar-refractivity contribution in [3.8, 4) is 11.5 Å². The number of nitrogens with one attached hydrogen (secondary N) is 2. The number of aromatic hydroxyl groups is 1. The number of aryl methyl sites for hydroxylation is 1. The van der Waals surface area contributed by atoms with Crippen LogP contribution in [-0.4, -0.2) is 26.4 Å². The van der Waals surface area contributed by atoms with E-state index in [-0.39, 0.29) is 11.3 Å². The van der Waals surface area contributed by atoms with Crippen LogP contribution in [0.25, 0.3) is 0 Å². The Morgan fingerprint density at radius 1 is 0.944 bits per heavy atom. The summed E-state index contributed by atoms with van der Waals surface area (Å²) in [7, 11) is -4.24. The highest BCUT2D eigenvalue weighted by molar-refractivity contribution is 7.53. The molecule has 0 saturated carbocycles.